The largest absolute Gasteiger partial charge is 0.484 e. The highest BCUT2D eigenvalue weighted by Crippen LogP contribution is 2.16. The fourth-order valence-electron chi connectivity index (χ4n) is 1.59. The Labute approximate surface area is 119 Å². The lowest BCUT2D eigenvalue weighted by Gasteiger charge is -2.07. The van der Waals surface area contributed by atoms with Crippen molar-refractivity contribution in [1.82, 2.24) is 9.78 Å². The normalized spacial score (nSPS) is 10.3. The minimum atomic E-state index is -0.217. The minimum absolute atomic E-state index is 0.0359. The van der Waals surface area contributed by atoms with Gasteiger partial charge in [-0.1, -0.05) is 15.9 Å². The number of amides is 1. The van der Waals surface area contributed by atoms with Crippen LogP contribution in [0.2, 0.25) is 0 Å². The van der Waals surface area contributed by atoms with Crippen LogP contribution in [0, 0.1) is 6.92 Å². The van der Waals surface area contributed by atoms with E-state index in [-0.39, 0.29) is 12.5 Å². The van der Waals surface area contributed by atoms with Crippen LogP contribution in [-0.2, 0) is 11.8 Å². The Morgan fingerprint density at radius 1 is 1.42 bits per heavy atom. The number of carbonyl (C=O) groups is 1. The van der Waals surface area contributed by atoms with E-state index in [0.717, 1.165) is 10.2 Å². The van der Waals surface area contributed by atoms with Crippen molar-refractivity contribution in [2.24, 2.45) is 7.05 Å². The molecule has 0 aliphatic heterocycles. The molecule has 6 heteroatoms. The van der Waals surface area contributed by atoms with Crippen molar-refractivity contribution >= 4 is 27.7 Å². The molecule has 0 atom stereocenters. The monoisotopic (exact) mass is 323 g/mol. The lowest BCUT2D eigenvalue weighted by atomic mass is 10.3. The molecule has 0 aliphatic carbocycles. The minimum Gasteiger partial charge on any atom is -0.484 e. The van der Waals surface area contributed by atoms with E-state index < -0.39 is 0 Å². The van der Waals surface area contributed by atoms with E-state index >= 15 is 0 Å². The molecule has 1 aromatic carbocycles. The van der Waals surface area contributed by atoms with Gasteiger partial charge < -0.3 is 10.1 Å². The van der Waals surface area contributed by atoms with Crippen LogP contribution < -0.4 is 10.1 Å². The Morgan fingerprint density at radius 3 is 2.68 bits per heavy atom. The van der Waals surface area contributed by atoms with Gasteiger partial charge in [-0.25, -0.2) is 0 Å². The van der Waals surface area contributed by atoms with E-state index in [0.29, 0.717) is 11.6 Å². The molecule has 2 aromatic rings. The topological polar surface area (TPSA) is 56.1 Å². The molecular weight excluding hydrogens is 310 g/mol. The lowest BCUT2D eigenvalue weighted by Crippen LogP contribution is -2.21. The SMILES string of the molecule is Cc1cc(NC(=O)COc2ccc(Br)cc2)n(C)n1. The molecule has 2 rings (SSSR count). The summed E-state index contributed by atoms with van der Waals surface area (Å²) in [5.41, 5.74) is 0.853. The van der Waals surface area contributed by atoms with Gasteiger partial charge in [0.05, 0.1) is 5.69 Å². The summed E-state index contributed by atoms with van der Waals surface area (Å²) in [6.07, 6.45) is 0. The standard InChI is InChI=1S/C13H14BrN3O2/c1-9-7-12(17(2)16-9)15-13(18)8-19-11-5-3-10(14)4-6-11/h3-7H,8H2,1-2H3,(H,15,18). The summed E-state index contributed by atoms with van der Waals surface area (Å²) in [6.45, 7) is 1.83. The second-order valence-corrected chi connectivity index (χ2v) is 5.00. The third kappa shape index (κ3) is 3.82. The van der Waals surface area contributed by atoms with Gasteiger partial charge in [0.15, 0.2) is 6.61 Å². The van der Waals surface area contributed by atoms with Crippen molar-refractivity contribution in [3.63, 3.8) is 0 Å². The third-order valence-electron chi connectivity index (χ3n) is 2.45. The number of nitrogens with one attached hydrogen (secondary N) is 1. The number of aryl methyl sites for hydroxylation is 2. The van der Waals surface area contributed by atoms with Gasteiger partial charge in [0.1, 0.15) is 11.6 Å². The second kappa shape index (κ2) is 5.88. The molecule has 100 valence electrons. The molecule has 19 heavy (non-hydrogen) atoms. The zero-order valence-corrected chi connectivity index (χ0v) is 12.3. The first-order valence-corrected chi connectivity index (χ1v) is 6.53. The number of nitrogens with zero attached hydrogens (tertiary/aromatic N) is 2. The smallest absolute Gasteiger partial charge is 0.263 e. The van der Waals surface area contributed by atoms with Crippen LogP contribution in [0.25, 0.3) is 0 Å². The summed E-state index contributed by atoms with van der Waals surface area (Å²) in [5, 5.41) is 6.89. The number of carbonyl (C=O) groups excluding carboxylic acids is 1. The Hall–Kier alpha value is -1.82. The van der Waals surface area contributed by atoms with Crippen molar-refractivity contribution < 1.29 is 9.53 Å². The zero-order valence-electron chi connectivity index (χ0n) is 10.7. The van der Waals surface area contributed by atoms with Crippen LogP contribution in [0.3, 0.4) is 0 Å². The highest BCUT2D eigenvalue weighted by atomic mass is 79.9. The number of ether oxygens (including phenoxy) is 1. The van der Waals surface area contributed by atoms with Gasteiger partial charge in [0.2, 0.25) is 0 Å². The summed E-state index contributed by atoms with van der Waals surface area (Å²) in [6, 6.07) is 9.12. The molecule has 0 saturated carbocycles. The molecule has 1 heterocycles. The molecule has 1 aromatic heterocycles. The second-order valence-electron chi connectivity index (χ2n) is 4.09. The fourth-order valence-corrected chi connectivity index (χ4v) is 1.85. The van der Waals surface area contributed by atoms with Crippen molar-refractivity contribution in [3.05, 3.63) is 40.5 Å². The van der Waals surface area contributed by atoms with Crippen molar-refractivity contribution in [2.45, 2.75) is 6.92 Å². The Kier molecular flexibility index (Phi) is 4.21. The third-order valence-corrected chi connectivity index (χ3v) is 2.98. The highest BCUT2D eigenvalue weighted by Gasteiger charge is 2.07. The van der Waals surface area contributed by atoms with Gasteiger partial charge in [-0.3, -0.25) is 9.48 Å². The van der Waals surface area contributed by atoms with Crippen molar-refractivity contribution in [2.75, 3.05) is 11.9 Å². The van der Waals surface area contributed by atoms with Crippen LogP contribution in [0.4, 0.5) is 5.82 Å². The lowest BCUT2D eigenvalue weighted by molar-refractivity contribution is -0.118. The predicted octanol–water partition coefficient (Wildman–Crippen LogP) is 2.51. The average molecular weight is 324 g/mol. The molecule has 0 unspecified atom stereocenters. The van der Waals surface area contributed by atoms with E-state index in [2.05, 4.69) is 26.3 Å². The van der Waals surface area contributed by atoms with Gasteiger partial charge in [-0.2, -0.15) is 5.10 Å². The summed E-state index contributed by atoms with van der Waals surface area (Å²) in [5.74, 6) is 1.09. The van der Waals surface area contributed by atoms with E-state index in [1.54, 1.807) is 29.9 Å². The molecule has 0 fully saturated rings. The Morgan fingerprint density at radius 2 is 2.11 bits per heavy atom. The summed E-state index contributed by atoms with van der Waals surface area (Å²) in [7, 11) is 1.78. The number of aromatic nitrogens is 2. The van der Waals surface area contributed by atoms with E-state index in [1.807, 2.05) is 19.1 Å². The summed E-state index contributed by atoms with van der Waals surface area (Å²) in [4.78, 5) is 11.7. The highest BCUT2D eigenvalue weighted by molar-refractivity contribution is 9.10. The molecular formula is C13H14BrN3O2. The first kappa shape index (κ1) is 13.6. The number of halogens is 1. The molecule has 0 aliphatic rings. The Balaban J connectivity index is 1.88. The maximum atomic E-state index is 11.7. The van der Waals surface area contributed by atoms with Crippen molar-refractivity contribution in [1.29, 1.82) is 0 Å². The maximum Gasteiger partial charge on any atom is 0.263 e. The fraction of sp³-hybridized carbons (Fsp3) is 0.231. The summed E-state index contributed by atoms with van der Waals surface area (Å²) >= 11 is 3.34. The van der Waals surface area contributed by atoms with Crippen LogP contribution >= 0.6 is 15.9 Å². The number of hydrogen-bond donors (Lipinski definition) is 1. The van der Waals surface area contributed by atoms with E-state index in [4.69, 9.17) is 4.74 Å². The van der Waals surface area contributed by atoms with Gasteiger partial charge in [0.25, 0.3) is 5.91 Å². The number of benzene rings is 1. The first-order chi connectivity index (χ1) is 9.04. The molecule has 1 N–H and O–H groups in total. The first-order valence-electron chi connectivity index (χ1n) is 5.73. The van der Waals surface area contributed by atoms with Gasteiger partial charge in [-0.05, 0) is 31.2 Å². The quantitative estimate of drug-likeness (QED) is 0.940. The number of rotatable bonds is 4. The maximum absolute atomic E-state index is 11.7. The molecule has 5 nitrogen and oxygen atoms in total. The molecule has 0 spiro atoms. The number of hydrogen-bond acceptors (Lipinski definition) is 3. The molecule has 0 radical (unpaired) electrons. The molecule has 0 bridgehead atoms. The van der Waals surface area contributed by atoms with E-state index in [9.17, 15) is 4.79 Å². The van der Waals surface area contributed by atoms with Crippen LogP contribution in [0.15, 0.2) is 34.8 Å². The Bertz CT molecular complexity index is 578. The van der Waals surface area contributed by atoms with Gasteiger partial charge in [-0.15, -0.1) is 0 Å². The van der Waals surface area contributed by atoms with E-state index in [1.165, 1.54) is 0 Å². The molecule has 1 amide bonds. The number of anilines is 1. The van der Waals surface area contributed by atoms with Gasteiger partial charge in [0, 0.05) is 17.6 Å². The van der Waals surface area contributed by atoms with Crippen LogP contribution in [0.1, 0.15) is 5.69 Å². The van der Waals surface area contributed by atoms with Crippen LogP contribution in [0.5, 0.6) is 5.75 Å². The van der Waals surface area contributed by atoms with Crippen LogP contribution in [-0.4, -0.2) is 22.3 Å². The zero-order chi connectivity index (χ0) is 13.8. The molecule has 0 saturated heterocycles. The van der Waals surface area contributed by atoms with Gasteiger partial charge >= 0.3 is 0 Å². The summed E-state index contributed by atoms with van der Waals surface area (Å²) < 4.78 is 7.96. The average Bonchev–Trinajstić information content (AvgIpc) is 2.67. The predicted molar refractivity (Wildman–Crippen MR) is 76.2 cm³/mol. The van der Waals surface area contributed by atoms with Crippen molar-refractivity contribution in [3.8, 4) is 5.75 Å².